The molecular formula is C21H21N3O3S. The Kier molecular flexibility index (Phi) is 5.46. The van der Waals surface area contributed by atoms with Crippen LogP contribution < -0.4 is 10.0 Å². The van der Waals surface area contributed by atoms with Gasteiger partial charge in [-0.05, 0) is 67.8 Å². The van der Waals surface area contributed by atoms with Crippen molar-refractivity contribution in [2.24, 2.45) is 0 Å². The highest BCUT2D eigenvalue weighted by Gasteiger charge is 2.20. The zero-order valence-electron chi connectivity index (χ0n) is 15.9. The fourth-order valence-electron chi connectivity index (χ4n) is 2.72. The average molecular weight is 395 g/mol. The molecule has 0 aliphatic carbocycles. The van der Waals surface area contributed by atoms with Crippen LogP contribution in [0, 0.1) is 20.8 Å². The molecule has 1 aromatic heterocycles. The van der Waals surface area contributed by atoms with Crippen LogP contribution in [0.4, 0.5) is 11.4 Å². The lowest BCUT2D eigenvalue weighted by Crippen LogP contribution is -2.17. The molecule has 0 radical (unpaired) electrons. The Morgan fingerprint density at radius 3 is 2.43 bits per heavy atom. The maximum atomic E-state index is 13.0. The van der Waals surface area contributed by atoms with Crippen LogP contribution in [-0.2, 0) is 10.0 Å². The normalized spacial score (nSPS) is 11.1. The molecule has 3 aromatic rings. The van der Waals surface area contributed by atoms with Crippen LogP contribution in [0.1, 0.15) is 27.0 Å². The molecule has 7 heteroatoms. The number of rotatable bonds is 5. The van der Waals surface area contributed by atoms with Crippen molar-refractivity contribution in [1.29, 1.82) is 0 Å². The van der Waals surface area contributed by atoms with E-state index in [2.05, 4.69) is 15.0 Å². The minimum Gasteiger partial charge on any atom is -0.321 e. The third kappa shape index (κ3) is 4.37. The number of aromatic nitrogens is 1. The second kappa shape index (κ2) is 7.82. The topological polar surface area (TPSA) is 88.2 Å². The predicted molar refractivity (Wildman–Crippen MR) is 110 cm³/mol. The van der Waals surface area contributed by atoms with E-state index in [4.69, 9.17) is 0 Å². The van der Waals surface area contributed by atoms with Crippen molar-refractivity contribution in [3.63, 3.8) is 0 Å². The van der Waals surface area contributed by atoms with Crippen molar-refractivity contribution < 1.29 is 13.2 Å². The maximum Gasteiger partial charge on any atom is 0.262 e. The molecule has 144 valence electrons. The summed E-state index contributed by atoms with van der Waals surface area (Å²) in [4.78, 5) is 16.5. The van der Waals surface area contributed by atoms with Crippen molar-refractivity contribution in [3.05, 3.63) is 83.2 Å². The fraction of sp³-hybridized carbons (Fsp3) is 0.143. The van der Waals surface area contributed by atoms with Crippen molar-refractivity contribution in [2.45, 2.75) is 25.7 Å². The summed E-state index contributed by atoms with van der Waals surface area (Å²) in [7, 11) is -3.85. The van der Waals surface area contributed by atoms with Gasteiger partial charge in [0.15, 0.2) is 0 Å². The second-order valence-electron chi connectivity index (χ2n) is 6.60. The molecule has 6 nitrogen and oxygen atoms in total. The lowest BCUT2D eigenvalue weighted by molar-refractivity contribution is 0.102. The van der Waals surface area contributed by atoms with Gasteiger partial charge in [-0.25, -0.2) is 8.42 Å². The summed E-state index contributed by atoms with van der Waals surface area (Å²) in [6.45, 7) is 5.42. The Labute approximate surface area is 164 Å². The molecule has 0 aliphatic heterocycles. The number of aryl methyl sites for hydroxylation is 3. The predicted octanol–water partition coefficient (Wildman–Crippen LogP) is 4.06. The van der Waals surface area contributed by atoms with Gasteiger partial charge in [-0.3, -0.25) is 14.5 Å². The van der Waals surface area contributed by atoms with Crippen LogP contribution in [0.5, 0.6) is 0 Å². The molecule has 2 aromatic carbocycles. The SMILES string of the molecule is Cc1ccc(C)c(NS(=O)(=O)c2cc(C(=O)Nc3cccnc3)ccc2C)c1. The highest BCUT2D eigenvalue weighted by Crippen LogP contribution is 2.24. The van der Waals surface area contributed by atoms with E-state index < -0.39 is 15.9 Å². The summed E-state index contributed by atoms with van der Waals surface area (Å²) in [5, 5.41) is 2.71. The lowest BCUT2D eigenvalue weighted by Gasteiger charge is -2.14. The van der Waals surface area contributed by atoms with Crippen LogP contribution in [0.2, 0.25) is 0 Å². The molecule has 0 fully saturated rings. The first-order valence-corrected chi connectivity index (χ1v) is 10.2. The number of hydrogen-bond acceptors (Lipinski definition) is 4. The van der Waals surface area contributed by atoms with Crippen molar-refractivity contribution >= 4 is 27.3 Å². The minimum absolute atomic E-state index is 0.0623. The third-order valence-electron chi connectivity index (χ3n) is 4.30. The highest BCUT2D eigenvalue weighted by atomic mass is 32.2. The Bertz CT molecular complexity index is 1130. The van der Waals surface area contributed by atoms with Gasteiger partial charge in [-0.1, -0.05) is 18.2 Å². The molecule has 0 aliphatic rings. The van der Waals surface area contributed by atoms with Crippen molar-refractivity contribution in [3.8, 4) is 0 Å². The maximum absolute atomic E-state index is 13.0. The van der Waals surface area contributed by atoms with E-state index in [1.807, 2.05) is 26.0 Å². The number of carbonyl (C=O) groups excluding carboxylic acids is 1. The molecule has 2 N–H and O–H groups in total. The quantitative estimate of drug-likeness (QED) is 0.682. The summed E-state index contributed by atoms with van der Waals surface area (Å²) >= 11 is 0. The fourth-order valence-corrected chi connectivity index (χ4v) is 4.11. The number of anilines is 2. The van der Waals surface area contributed by atoms with Gasteiger partial charge in [-0.15, -0.1) is 0 Å². The Hall–Kier alpha value is -3.19. The molecule has 0 saturated carbocycles. The number of amides is 1. The summed E-state index contributed by atoms with van der Waals surface area (Å²) < 4.78 is 28.6. The van der Waals surface area contributed by atoms with Crippen LogP contribution in [0.3, 0.4) is 0 Å². The smallest absolute Gasteiger partial charge is 0.262 e. The van der Waals surface area contributed by atoms with Crippen LogP contribution in [0.15, 0.2) is 65.8 Å². The number of carbonyl (C=O) groups is 1. The number of pyridine rings is 1. The molecule has 0 saturated heterocycles. The number of hydrogen-bond donors (Lipinski definition) is 2. The summed E-state index contributed by atoms with van der Waals surface area (Å²) in [6.07, 6.45) is 3.12. The zero-order valence-corrected chi connectivity index (χ0v) is 16.7. The average Bonchev–Trinajstić information content (AvgIpc) is 2.65. The van der Waals surface area contributed by atoms with Crippen molar-refractivity contribution in [1.82, 2.24) is 4.98 Å². The number of sulfonamides is 1. The molecule has 1 heterocycles. The number of nitrogens with one attached hydrogen (secondary N) is 2. The van der Waals surface area contributed by atoms with E-state index in [1.54, 1.807) is 43.5 Å². The molecule has 3 rings (SSSR count). The highest BCUT2D eigenvalue weighted by molar-refractivity contribution is 7.92. The van der Waals surface area contributed by atoms with Crippen LogP contribution in [-0.4, -0.2) is 19.3 Å². The molecule has 1 amide bonds. The largest absolute Gasteiger partial charge is 0.321 e. The first-order valence-electron chi connectivity index (χ1n) is 8.68. The molecule has 0 unspecified atom stereocenters. The van der Waals surface area contributed by atoms with Crippen LogP contribution in [0.25, 0.3) is 0 Å². The molecule has 28 heavy (non-hydrogen) atoms. The van der Waals surface area contributed by atoms with Gasteiger partial charge in [0.1, 0.15) is 0 Å². The van der Waals surface area contributed by atoms with Gasteiger partial charge in [0.2, 0.25) is 0 Å². The Balaban J connectivity index is 1.92. The van der Waals surface area contributed by atoms with Gasteiger partial charge < -0.3 is 5.32 Å². The van der Waals surface area contributed by atoms with E-state index in [-0.39, 0.29) is 10.5 Å². The second-order valence-corrected chi connectivity index (χ2v) is 8.25. The third-order valence-corrected chi connectivity index (χ3v) is 5.80. The zero-order chi connectivity index (χ0) is 20.3. The van der Waals surface area contributed by atoms with Gasteiger partial charge in [0.25, 0.3) is 15.9 Å². The minimum atomic E-state index is -3.85. The van der Waals surface area contributed by atoms with Crippen molar-refractivity contribution in [2.75, 3.05) is 10.0 Å². The molecule has 0 spiro atoms. The lowest BCUT2D eigenvalue weighted by atomic mass is 10.1. The molecule has 0 atom stereocenters. The van der Waals surface area contributed by atoms with Gasteiger partial charge in [0, 0.05) is 11.8 Å². The Morgan fingerprint density at radius 2 is 1.71 bits per heavy atom. The van der Waals surface area contributed by atoms with Gasteiger partial charge in [-0.2, -0.15) is 0 Å². The first kappa shape index (κ1) is 19.6. The standard InChI is InChI=1S/C21H21N3O3S/c1-14-6-7-15(2)19(11-14)24-28(26,27)20-12-17(9-8-16(20)3)21(25)23-18-5-4-10-22-13-18/h4-13,24H,1-3H3,(H,23,25). The van der Waals surface area contributed by atoms with E-state index in [1.165, 1.54) is 12.3 Å². The Morgan fingerprint density at radius 1 is 0.964 bits per heavy atom. The van der Waals surface area contributed by atoms with E-state index >= 15 is 0 Å². The monoisotopic (exact) mass is 395 g/mol. The molecule has 0 bridgehead atoms. The van der Waals surface area contributed by atoms with E-state index in [0.29, 0.717) is 16.9 Å². The summed E-state index contributed by atoms with van der Waals surface area (Å²) in [5.41, 5.74) is 3.61. The van der Waals surface area contributed by atoms with Gasteiger partial charge >= 0.3 is 0 Å². The summed E-state index contributed by atoms with van der Waals surface area (Å²) in [5.74, 6) is -0.406. The van der Waals surface area contributed by atoms with E-state index in [0.717, 1.165) is 11.1 Å². The van der Waals surface area contributed by atoms with E-state index in [9.17, 15) is 13.2 Å². The first-order chi connectivity index (χ1) is 13.3. The number of benzene rings is 2. The molecular weight excluding hydrogens is 374 g/mol. The summed E-state index contributed by atoms with van der Waals surface area (Å²) in [6, 6.07) is 13.6. The van der Waals surface area contributed by atoms with Crippen LogP contribution >= 0.6 is 0 Å². The van der Waals surface area contributed by atoms with Gasteiger partial charge in [0.05, 0.1) is 22.5 Å². The number of nitrogens with zero attached hydrogens (tertiary/aromatic N) is 1.